The summed E-state index contributed by atoms with van der Waals surface area (Å²) in [4.78, 5) is 28.3. The Labute approximate surface area is 151 Å². The maximum atomic E-state index is 12.0. The number of rotatable bonds is 5. The molecule has 0 spiro atoms. The van der Waals surface area contributed by atoms with Crippen molar-refractivity contribution in [3.8, 4) is 0 Å². The zero-order valence-corrected chi connectivity index (χ0v) is 15.3. The summed E-state index contributed by atoms with van der Waals surface area (Å²) in [6.07, 6.45) is 2.46. The fourth-order valence-corrected chi connectivity index (χ4v) is 3.88. The maximum Gasteiger partial charge on any atom is 0.339 e. The average molecular weight is 358 g/mol. The summed E-state index contributed by atoms with van der Waals surface area (Å²) < 4.78 is 5.11. The quantitative estimate of drug-likeness (QED) is 0.827. The first-order chi connectivity index (χ1) is 12.0. The normalized spacial score (nSPS) is 13.8. The third kappa shape index (κ3) is 4.39. The largest absolute Gasteiger partial charge is 0.452 e. The number of esters is 1. The van der Waals surface area contributed by atoms with Gasteiger partial charge in [-0.2, -0.15) is 0 Å². The first-order valence-electron chi connectivity index (χ1n) is 8.42. The molecular weight excluding hydrogens is 336 g/mol. The number of hydrogen-bond donors (Lipinski definition) is 1. The Kier molecular flexibility index (Phi) is 5.38. The topological polar surface area (TPSA) is 58.6 Å². The van der Waals surface area contributed by atoms with Crippen LogP contribution in [0.25, 0.3) is 0 Å². The molecule has 5 nitrogen and oxygen atoms in total. The molecule has 1 fully saturated rings. The van der Waals surface area contributed by atoms with Crippen molar-refractivity contribution in [1.82, 2.24) is 0 Å². The Hall–Kier alpha value is -2.34. The molecule has 1 aromatic heterocycles. The second-order valence-electron chi connectivity index (χ2n) is 6.19. The molecule has 0 aliphatic carbocycles. The van der Waals surface area contributed by atoms with Gasteiger partial charge in [0.25, 0.3) is 5.91 Å². The van der Waals surface area contributed by atoms with Gasteiger partial charge in [-0.1, -0.05) is 0 Å². The van der Waals surface area contributed by atoms with E-state index in [1.807, 2.05) is 38.1 Å². The molecule has 3 rings (SSSR count). The highest BCUT2D eigenvalue weighted by atomic mass is 32.1. The van der Waals surface area contributed by atoms with E-state index in [0.29, 0.717) is 11.3 Å². The molecule has 132 valence electrons. The molecule has 1 aromatic carbocycles. The van der Waals surface area contributed by atoms with Crippen LogP contribution < -0.4 is 10.2 Å². The number of carbonyl (C=O) groups excluding carboxylic acids is 2. The van der Waals surface area contributed by atoms with E-state index in [-0.39, 0.29) is 12.5 Å². The van der Waals surface area contributed by atoms with Gasteiger partial charge in [-0.05, 0) is 57.0 Å². The number of hydrogen-bond acceptors (Lipinski definition) is 5. The lowest BCUT2D eigenvalue weighted by Crippen LogP contribution is -2.21. The average Bonchev–Trinajstić information content (AvgIpc) is 3.23. The minimum atomic E-state index is -0.457. The van der Waals surface area contributed by atoms with Crippen LogP contribution in [-0.4, -0.2) is 31.6 Å². The smallest absolute Gasteiger partial charge is 0.339 e. The lowest BCUT2D eigenvalue weighted by Gasteiger charge is -2.17. The molecule has 0 radical (unpaired) electrons. The van der Waals surface area contributed by atoms with Crippen LogP contribution in [0.4, 0.5) is 11.4 Å². The van der Waals surface area contributed by atoms with Crippen molar-refractivity contribution < 1.29 is 14.3 Å². The highest BCUT2D eigenvalue weighted by Crippen LogP contribution is 2.23. The Balaban J connectivity index is 1.50. The number of carbonyl (C=O) groups is 2. The van der Waals surface area contributed by atoms with Crippen LogP contribution in [0.15, 0.2) is 30.3 Å². The van der Waals surface area contributed by atoms with Gasteiger partial charge in [0.2, 0.25) is 0 Å². The first kappa shape index (κ1) is 17.5. The van der Waals surface area contributed by atoms with E-state index in [4.69, 9.17) is 4.74 Å². The molecule has 0 saturated carbocycles. The van der Waals surface area contributed by atoms with Crippen LogP contribution in [0.3, 0.4) is 0 Å². The molecule has 0 bridgehead atoms. The summed E-state index contributed by atoms with van der Waals surface area (Å²) >= 11 is 1.54. The fraction of sp³-hybridized carbons (Fsp3) is 0.368. The van der Waals surface area contributed by atoms with Gasteiger partial charge in [-0.25, -0.2) is 4.79 Å². The molecule has 0 unspecified atom stereocenters. The third-order valence-corrected chi connectivity index (χ3v) is 5.18. The fourth-order valence-electron chi connectivity index (χ4n) is 2.97. The van der Waals surface area contributed by atoms with Gasteiger partial charge >= 0.3 is 5.97 Å². The van der Waals surface area contributed by atoms with Gasteiger partial charge < -0.3 is 15.0 Å². The van der Waals surface area contributed by atoms with Gasteiger partial charge in [0, 0.05) is 34.2 Å². The Morgan fingerprint density at radius 1 is 1.16 bits per heavy atom. The zero-order chi connectivity index (χ0) is 17.8. The van der Waals surface area contributed by atoms with E-state index in [0.717, 1.165) is 22.8 Å². The van der Waals surface area contributed by atoms with E-state index in [1.54, 1.807) is 17.4 Å². The molecule has 1 aliphatic rings. The van der Waals surface area contributed by atoms with Crippen molar-refractivity contribution in [1.29, 1.82) is 0 Å². The maximum absolute atomic E-state index is 12.0. The van der Waals surface area contributed by atoms with Crippen LogP contribution in [0.5, 0.6) is 0 Å². The predicted octanol–water partition coefficient (Wildman–Crippen LogP) is 3.76. The lowest BCUT2D eigenvalue weighted by atomic mass is 10.2. The number of thiophene rings is 1. The van der Waals surface area contributed by atoms with Crippen molar-refractivity contribution >= 4 is 34.6 Å². The number of aryl methyl sites for hydroxylation is 2. The van der Waals surface area contributed by atoms with E-state index in [2.05, 4.69) is 10.2 Å². The molecule has 1 amide bonds. The monoisotopic (exact) mass is 358 g/mol. The van der Waals surface area contributed by atoms with E-state index >= 15 is 0 Å². The van der Waals surface area contributed by atoms with Crippen molar-refractivity contribution in [3.63, 3.8) is 0 Å². The number of anilines is 2. The van der Waals surface area contributed by atoms with Gasteiger partial charge in [-0.15, -0.1) is 11.3 Å². The number of amides is 1. The van der Waals surface area contributed by atoms with E-state index < -0.39 is 5.97 Å². The molecule has 2 aromatic rings. The summed E-state index contributed by atoms with van der Waals surface area (Å²) in [5.74, 6) is -0.798. The minimum absolute atomic E-state index is 0.291. The number of nitrogens with zero attached hydrogens (tertiary/aromatic N) is 1. The number of benzene rings is 1. The molecule has 25 heavy (non-hydrogen) atoms. The van der Waals surface area contributed by atoms with E-state index in [1.165, 1.54) is 18.5 Å². The van der Waals surface area contributed by atoms with Crippen molar-refractivity contribution in [2.24, 2.45) is 0 Å². The Morgan fingerprint density at radius 2 is 1.84 bits per heavy atom. The van der Waals surface area contributed by atoms with Crippen LogP contribution in [0, 0.1) is 13.8 Å². The van der Waals surface area contributed by atoms with Gasteiger partial charge in [0.05, 0.1) is 5.56 Å². The molecule has 6 heteroatoms. The summed E-state index contributed by atoms with van der Waals surface area (Å²) in [6, 6.07) is 9.55. The molecule has 2 heterocycles. The van der Waals surface area contributed by atoms with E-state index in [9.17, 15) is 9.59 Å². The predicted molar refractivity (Wildman–Crippen MR) is 101 cm³/mol. The molecule has 1 N–H and O–H groups in total. The van der Waals surface area contributed by atoms with Gasteiger partial charge in [-0.3, -0.25) is 4.79 Å². The standard InChI is InChI=1S/C19H22N2O3S/c1-13-11-17(14(2)25-13)19(23)24-12-18(22)20-15-5-7-16(8-6-15)21-9-3-4-10-21/h5-8,11H,3-4,9-10,12H2,1-2H3,(H,20,22). The number of ether oxygens (including phenoxy) is 1. The number of nitrogens with one attached hydrogen (secondary N) is 1. The van der Waals surface area contributed by atoms with Crippen LogP contribution in [0.2, 0.25) is 0 Å². The van der Waals surface area contributed by atoms with Gasteiger partial charge in [0.15, 0.2) is 6.61 Å². The van der Waals surface area contributed by atoms with Crippen molar-refractivity contribution in [2.45, 2.75) is 26.7 Å². The third-order valence-electron chi connectivity index (χ3n) is 4.22. The van der Waals surface area contributed by atoms with Gasteiger partial charge in [0.1, 0.15) is 0 Å². The Bertz CT molecular complexity index is 761. The lowest BCUT2D eigenvalue weighted by molar-refractivity contribution is -0.119. The SMILES string of the molecule is Cc1cc(C(=O)OCC(=O)Nc2ccc(N3CCCC3)cc2)c(C)s1. The molecular formula is C19H22N2O3S. The summed E-state index contributed by atoms with van der Waals surface area (Å²) in [7, 11) is 0. The second kappa shape index (κ2) is 7.70. The van der Waals surface area contributed by atoms with Crippen molar-refractivity contribution in [3.05, 3.63) is 45.6 Å². The highest BCUT2D eigenvalue weighted by molar-refractivity contribution is 7.12. The summed E-state index contributed by atoms with van der Waals surface area (Å²) in [6.45, 7) is 5.69. The second-order valence-corrected chi connectivity index (χ2v) is 7.65. The zero-order valence-electron chi connectivity index (χ0n) is 14.5. The molecule has 0 atom stereocenters. The Morgan fingerprint density at radius 3 is 2.44 bits per heavy atom. The highest BCUT2D eigenvalue weighted by Gasteiger charge is 2.15. The molecule has 1 aliphatic heterocycles. The summed E-state index contributed by atoms with van der Waals surface area (Å²) in [5.41, 5.74) is 2.40. The molecule has 1 saturated heterocycles. The van der Waals surface area contributed by atoms with Crippen LogP contribution in [-0.2, 0) is 9.53 Å². The van der Waals surface area contributed by atoms with Crippen LogP contribution >= 0.6 is 11.3 Å². The summed E-state index contributed by atoms with van der Waals surface area (Å²) in [5, 5.41) is 2.75. The van der Waals surface area contributed by atoms with Crippen molar-refractivity contribution in [2.75, 3.05) is 29.9 Å². The van der Waals surface area contributed by atoms with Crippen LogP contribution in [0.1, 0.15) is 33.0 Å². The first-order valence-corrected chi connectivity index (χ1v) is 9.23. The minimum Gasteiger partial charge on any atom is -0.452 e.